The summed E-state index contributed by atoms with van der Waals surface area (Å²) >= 11 is 0. The minimum atomic E-state index is -0.288. The smallest absolute Gasteiger partial charge is 0.409 e. The molecule has 0 saturated carbocycles. The maximum absolute atomic E-state index is 12.2. The highest BCUT2D eigenvalue weighted by atomic mass is 16.6. The van der Waals surface area contributed by atoms with Gasteiger partial charge in [-0.3, -0.25) is 9.59 Å². The van der Waals surface area contributed by atoms with Gasteiger partial charge in [0.25, 0.3) is 0 Å². The molecule has 0 bridgehead atoms. The maximum Gasteiger partial charge on any atom is 0.409 e. The van der Waals surface area contributed by atoms with Crippen LogP contribution < -0.4 is 5.32 Å². The molecular formula is C18H31N3O5. The number of hydrogen-bond donors (Lipinski definition) is 1. The molecule has 2 saturated heterocycles. The summed E-state index contributed by atoms with van der Waals surface area (Å²) in [4.78, 5) is 39.0. The lowest BCUT2D eigenvalue weighted by molar-refractivity contribution is -0.131. The lowest BCUT2D eigenvalue weighted by Gasteiger charge is -2.31. The van der Waals surface area contributed by atoms with Crippen molar-refractivity contribution in [3.8, 4) is 0 Å². The second-order valence-electron chi connectivity index (χ2n) is 6.88. The third kappa shape index (κ3) is 6.48. The largest absolute Gasteiger partial charge is 0.450 e. The van der Waals surface area contributed by atoms with Gasteiger partial charge >= 0.3 is 6.09 Å². The molecule has 8 heteroatoms. The highest BCUT2D eigenvalue weighted by Crippen LogP contribution is 2.14. The van der Waals surface area contributed by atoms with E-state index in [1.54, 1.807) is 16.7 Å². The van der Waals surface area contributed by atoms with E-state index in [4.69, 9.17) is 9.47 Å². The molecule has 1 unspecified atom stereocenters. The number of likely N-dealkylation sites (tertiary alicyclic amines) is 1. The molecule has 0 radical (unpaired) electrons. The zero-order valence-electron chi connectivity index (χ0n) is 15.9. The molecule has 1 N–H and O–H groups in total. The number of rotatable bonds is 7. The number of nitrogens with one attached hydrogen (secondary N) is 1. The Labute approximate surface area is 155 Å². The lowest BCUT2D eigenvalue weighted by atomic mass is 10.1. The third-order valence-electron chi connectivity index (χ3n) is 4.89. The Morgan fingerprint density at radius 1 is 1.23 bits per heavy atom. The van der Waals surface area contributed by atoms with E-state index in [9.17, 15) is 14.4 Å². The summed E-state index contributed by atoms with van der Waals surface area (Å²) in [5.74, 6) is -0.0887. The molecule has 2 aliphatic rings. The van der Waals surface area contributed by atoms with Crippen LogP contribution in [-0.4, -0.2) is 79.2 Å². The van der Waals surface area contributed by atoms with E-state index < -0.39 is 0 Å². The molecule has 0 aromatic heterocycles. The molecular weight excluding hydrogens is 338 g/mol. The first-order valence-corrected chi connectivity index (χ1v) is 9.57. The van der Waals surface area contributed by atoms with E-state index in [-0.39, 0.29) is 36.5 Å². The molecule has 2 heterocycles. The van der Waals surface area contributed by atoms with Gasteiger partial charge < -0.3 is 24.6 Å². The minimum absolute atomic E-state index is 0.0314. The van der Waals surface area contributed by atoms with Gasteiger partial charge in [-0.25, -0.2) is 4.79 Å². The number of ether oxygens (including phenoxy) is 2. The third-order valence-corrected chi connectivity index (χ3v) is 4.89. The molecule has 0 aromatic rings. The van der Waals surface area contributed by atoms with E-state index in [0.29, 0.717) is 32.8 Å². The standard InChI is InChI=1S/C18H31N3O5/c1-3-25-18(24)20-9-6-15(7-10-20)19-17(23)8-11-21(14(2)22)13-16-5-4-12-26-16/h15-16H,3-13H2,1-2H3,(H,19,23). The average molecular weight is 369 g/mol. The molecule has 0 spiro atoms. The summed E-state index contributed by atoms with van der Waals surface area (Å²) < 4.78 is 10.6. The second kappa shape index (κ2) is 10.4. The van der Waals surface area contributed by atoms with Crippen molar-refractivity contribution < 1.29 is 23.9 Å². The average Bonchev–Trinajstić information content (AvgIpc) is 3.12. The minimum Gasteiger partial charge on any atom is -0.450 e. The Hall–Kier alpha value is -1.83. The summed E-state index contributed by atoms with van der Waals surface area (Å²) in [6.45, 7) is 6.56. The molecule has 3 amide bonds. The maximum atomic E-state index is 12.2. The summed E-state index contributed by atoms with van der Waals surface area (Å²) in [7, 11) is 0. The molecule has 2 aliphatic heterocycles. The summed E-state index contributed by atoms with van der Waals surface area (Å²) in [6.07, 6.45) is 3.52. The van der Waals surface area contributed by atoms with Gasteiger partial charge in [0.2, 0.25) is 11.8 Å². The van der Waals surface area contributed by atoms with Crippen LogP contribution in [0, 0.1) is 0 Å². The van der Waals surface area contributed by atoms with Crippen molar-refractivity contribution in [2.75, 3.05) is 39.4 Å². The molecule has 8 nitrogen and oxygen atoms in total. The molecule has 2 fully saturated rings. The van der Waals surface area contributed by atoms with Crippen LogP contribution in [0.3, 0.4) is 0 Å². The quantitative estimate of drug-likeness (QED) is 0.727. The van der Waals surface area contributed by atoms with Gasteiger partial charge in [-0.1, -0.05) is 0 Å². The van der Waals surface area contributed by atoms with Crippen LogP contribution >= 0.6 is 0 Å². The second-order valence-corrected chi connectivity index (χ2v) is 6.88. The summed E-state index contributed by atoms with van der Waals surface area (Å²) in [5, 5.41) is 3.01. The van der Waals surface area contributed by atoms with Crippen molar-refractivity contribution in [1.82, 2.24) is 15.1 Å². The first kappa shape index (κ1) is 20.5. The van der Waals surface area contributed by atoms with Crippen LogP contribution in [0.4, 0.5) is 4.79 Å². The first-order valence-electron chi connectivity index (χ1n) is 9.57. The number of hydrogen-bond acceptors (Lipinski definition) is 5. The Bertz CT molecular complexity index is 485. The van der Waals surface area contributed by atoms with Crippen LogP contribution in [0.1, 0.15) is 46.0 Å². The van der Waals surface area contributed by atoms with Crippen LogP contribution in [0.25, 0.3) is 0 Å². The van der Waals surface area contributed by atoms with E-state index in [1.807, 2.05) is 0 Å². The van der Waals surface area contributed by atoms with E-state index in [1.165, 1.54) is 6.92 Å². The number of carbonyl (C=O) groups is 3. The van der Waals surface area contributed by atoms with Crippen molar-refractivity contribution in [2.45, 2.75) is 58.1 Å². The molecule has 1 atom stereocenters. The van der Waals surface area contributed by atoms with Gasteiger partial charge in [0.15, 0.2) is 0 Å². The monoisotopic (exact) mass is 369 g/mol. The van der Waals surface area contributed by atoms with Crippen molar-refractivity contribution >= 4 is 17.9 Å². The normalized spacial score (nSPS) is 20.7. The molecule has 0 aromatic carbocycles. The zero-order chi connectivity index (χ0) is 18.9. The topological polar surface area (TPSA) is 88.2 Å². The van der Waals surface area contributed by atoms with Crippen molar-refractivity contribution in [1.29, 1.82) is 0 Å². The van der Waals surface area contributed by atoms with Gasteiger partial charge in [-0.15, -0.1) is 0 Å². The Kier molecular flexibility index (Phi) is 8.15. The van der Waals surface area contributed by atoms with Crippen LogP contribution in [-0.2, 0) is 19.1 Å². The number of nitrogens with zero attached hydrogens (tertiary/aromatic N) is 2. The molecule has 148 valence electrons. The molecule has 2 rings (SSSR count). The van der Waals surface area contributed by atoms with E-state index in [2.05, 4.69) is 5.32 Å². The van der Waals surface area contributed by atoms with Gasteiger partial charge in [0, 0.05) is 52.2 Å². The fraction of sp³-hybridized carbons (Fsp3) is 0.833. The highest BCUT2D eigenvalue weighted by molar-refractivity contribution is 5.78. The van der Waals surface area contributed by atoms with E-state index >= 15 is 0 Å². The van der Waals surface area contributed by atoms with Crippen LogP contribution in [0.15, 0.2) is 0 Å². The number of amides is 3. The fourth-order valence-electron chi connectivity index (χ4n) is 3.37. The van der Waals surface area contributed by atoms with Gasteiger partial charge in [-0.05, 0) is 32.6 Å². The van der Waals surface area contributed by atoms with E-state index in [0.717, 1.165) is 32.3 Å². The van der Waals surface area contributed by atoms with Gasteiger partial charge in [0.1, 0.15) is 0 Å². The zero-order valence-corrected chi connectivity index (χ0v) is 15.9. The summed E-state index contributed by atoms with van der Waals surface area (Å²) in [5.41, 5.74) is 0. The van der Waals surface area contributed by atoms with Gasteiger partial charge in [0.05, 0.1) is 12.7 Å². The van der Waals surface area contributed by atoms with Crippen molar-refractivity contribution in [3.05, 3.63) is 0 Å². The fourth-order valence-corrected chi connectivity index (χ4v) is 3.37. The number of carbonyl (C=O) groups excluding carboxylic acids is 3. The van der Waals surface area contributed by atoms with Crippen LogP contribution in [0.5, 0.6) is 0 Å². The predicted octanol–water partition coefficient (Wildman–Crippen LogP) is 1.14. The Balaban J connectivity index is 1.67. The van der Waals surface area contributed by atoms with Crippen molar-refractivity contribution in [3.63, 3.8) is 0 Å². The van der Waals surface area contributed by atoms with Crippen LogP contribution in [0.2, 0.25) is 0 Å². The molecule has 26 heavy (non-hydrogen) atoms. The lowest BCUT2D eigenvalue weighted by Crippen LogP contribution is -2.47. The Morgan fingerprint density at radius 3 is 2.54 bits per heavy atom. The summed E-state index contributed by atoms with van der Waals surface area (Å²) in [6, 6.07) is 0.0668. The predicted molar refractivity (Wildman–Crippen MR) is 95.6 cm³/mol. The highest BCUT2D eigenvalue weighted by Gasteiger charge is 2.25. The Morgan fingerprint density at radius 2 is 1.96 bits per heavy atom. The van der Waals surface area contributed by atoms with Gasteiger partial charge in [-0.2, -0.15) is 0 Å². The van der Waals surface area contributed by atoms with Crippen molar-refractivity contribution in [2.24, 2.45) is 0 Å². The number of piperidine rings is 1. The molecule has 0 aliphatic carbocycles. The first-order chi connectivity index (χ1) is 12.5. The SMILES string of the molecule is CCOC(=O)N1CCC(NC(=O)CCN(CC2CCCO2)C(C)=O)CC1.